The molecule has 0 aliphatic rings. The van der Waals surface area contributed by atoms with Crippen molar-refractivity contribution in [1.29, 1.82) is 0 Å². The highest BCUT2D eigenvalue weighted by Gasteiger charge is 2.07. The fourth-order valence-corrected chi connectivity index (χ4v) is 2.78. The number of hydrogen-bond acceptors (Lipinski definition) is 5. The molecule has 0 saturated heterocycles. The van der Waals surface area contributed by atoms with Crippen LogP contribution in [0.5, 0.6) is 11.5 Å². The molecular formula is C19H19N3O3S. The molecule has 3 rings (SSSR count). The molecular weight excluding hydrogens is 350 g/mol. The van der Waals surface area contributed by atoms with Crippen molar-refractivity contribution in [2.45, 2.75) is 6.92 Å². The number of ether oxygens (including phenoxy) is 1. The molecule has 0 saturated carbocycles. The molecule has 134 valence electrons. The van der Waals surface area contributed by atoms with Crippen molar-refractivity contribution in [2.75, 3.05) is 15.8 Å². The van der Waals surface area contributed by atoms with Gasteiger partial charge < -0.3 is 10.1 Å². The van der Waals surface area contributed by atoms with Gasteiger partial charge >= 0.3 is 0 Å². The summed E-state index contributed by atoms with van der Waals surface area (Å²) in [5, 5.41) is 3.16. The SMILES string of the molecule is CCS(=O)(=O)Nc1ccc(Nc2ccc(Oc3ccccc3)cc2)nc1. The van der Waals surface area contributed by atoms with Crippen LogP contribution < -0.4 is 14.8 Å². The van der Waals surface area contributed by atoms with E-state index in [0.29, 0.717) is 11.5 Å². The second-order valence-electron chi connectivity index (χ2n) is 5.50. The van der Waals surface area contributed by atoms with Crippen LogP contribution in [0.2, 0.25) is 0 Å². The predicted molar refractivity (Wildman–Crippen MR) is 104 cm³/mol. The number of sulfonamides is 1. The highest BCUT2D eigenvalue weighted by Crippen LogP contribution is 2.24. The first-order valence-corrected chi connectivity index (χ1v) is 9.76. The second-order valence-corrected chi connectivity index (χ2v) is 7.51. The van der Waals surface area contributed by atoms with Crippen molar-refractivity contribution >= 4 is 27.2 Å². The Morgan fingerprint density at radius 1 is 0.885 bits per heavy atom. The molecule has 0 aliphatic carbocycles. The standard InChI is InChI=1S/C19H19N3O3S/c1-2-26(23,24)22-16-10-13-19(20-14-16)21-15-8-11-18(12-9-15)25-17-6-4-3-5-7-17/h3-14,22H,2H2,1H3,(H,20,21). The van der Waals surface area contributed by atoms with Crippen molar-refractivity contribution in [1.82, 2.24) is 4.98 Å². The molecule has 0 aliphatic heterocycles. The summed E-state index contributed by atoms with van der Waals surface area (Å²) in [6.07, 6.45) is 1.47. The van der Waals surface area contributed by atoms with Crippen LogP contribution in [-0.2, 0) is 10.0 Å². The number of anilines is 3. The quantitative estimate of drug-likeness (QED) is 0.646. The molecule has 1 aromatic heterocycles. The first-order valence-electron chi connectivity index (χ1n) is 8.10. The molecule has 2 N–H and O–H groups in total. The summed E-state index contributed by atoms with van der Waals surface area (Å²) in [4.78, 5) is 4.21. The minimum atomic E-state index is -3.30. The Kier molecular flexibility index (Phi) is 5.38. The van der Waals surface area contributed by atoms with Crippen LogP contribution in [0, 0.1) is 0 Å². The summed E-state index contributed by atoms with van der Waals surface area (Å²) < 4.78 is 31.3. The van der Waals surface area contributed by atoms with E-state index in [1.165, 1.54) is 6.20 Å². The van der Waals surface area contributed by atoms with Gasteiger partial charge in [0.1, 0.15) is 17.3 Å². The summed E-state index contributed by atoms with van der Waals surface area (Å²) in [6, 6.07) is 20.4. The topological polar surface area (TPSA) is 80.3 Å². The maximum Gasteiger partial charge on any atom is 0.232 e. The second kappa shape index (κ2) is 7.88. The Balaban J connectivity index is 1.62. The van der Waals surface area contributed by atoms with Crippen molar-refractivity contribution < 1.29 is 13.2 Å². The van der Waals surface area contributed by atoms with Gasteiger partial charge in [-0.1, -0.05) is 18.2 Å². The normalized spacial score (nSPS) is 11.0. The number of nitrogens with zero attached hydrogens (tertiary/aromatic N) is 1. The molecule has 0 unspecified atom stereocenters. The van der Waals surface area contributed by atoms with E-state index in [9.17, 15) is 8.42 Å². The third-order valence-electron chi connectivity index (χ3n) is 3.52. The van der Waals surface area contributed by atoms with E-state index in [1.54, 1.807) is 19.1 Å². The molecule has 3 aromatic rings. The summed E-state index contributed by atoms with van der Waals surface area (Å²) >= 11 is 0. The monoisotopic (exact) mass is 369 g/mol. The zero-order valence-electron chi connectivity index (χ0n) is 14.2. The van der Waals surface area contributed by atoms with Gasteiger partial charge in [-0.2, -0.15) is 0 Å². The molecule has 0 atom stereocenters. The van der Waals surface area contributed by atoms with Crippen LogP contribution in [0.15, 0.2) is 72.9 Å². The molecule has 0 radical (unpaired) electrons. The predicted octanol–water partition coefficient (Wildman–Crippen LogP) is 4.38. The largest absolute Gasteiger partial charge is 0.457 e. The van der Waals surface area contributed by atoms with Gasteiger partial charge in [0.2, 0.25) is 10.0 Å². The number of aromatic nitrogens is 1. The van der Waals surface area contributed by atoms with Gasteiger partial charge in [-0.05, 0) is 55.5 Å². The van der Waals surface area contributed by atoms with Gasteiger partial charge in [0.15, 0.2) is 0 Å². The van der Waals surface area contributed by atoms with Crippen LogP contribution in [0.25, 0.3) is 0 Å². The molecule has 1 heterocycles. The van der Waals surface area contributed by atoms with Gasteiger partial charge in [-0.25, -0.2) is 13.4 Å². The lowest BCUT2D eigenvalue weighted by atomic mass is 10.3. The van der Waals surface area contributed by atoms with Crippen molar-refractivity contribution in [3.63, 3.8) is 0 Å². The van der Waals surface area contributed by atoms with Gasteiger partial charge in [-0.15, -0.1) is 0 Å². The van der Waals surface area contributed by atoms with E-state index in [2.05, 4.69) is 15.0 Å². The highest BCUT2D eigenvalue weighted by molar-refractivity contribution is 7.92. The summed E-state index contributed by atoms with van der Waals surface area (Å²) in [7, 11) is -3.30. The fraction of sp³-hybridized carbons (Fsp3) is 0.105. The van der Waals surface area contributed by atoms with E-state index in [1.807, 2.05) is 54.6 Å². The van der Waals surface area contributed by atoms with Crippen molar-refractivity contribution in [2.24, 2.45) is 0 Å². The first kappa shape index (κ1) is 17.8. The number of nitrogens with one attached hydrogen (secondary N) is 2. The van der Waals surface area contributed by atoms with E-state index in [-0.39, 0.29) is 5.75 Å². The Bertz CT molecular complexity index is 942. The molecule has 7 heteroatoms. The maximum atomic E-state index is 11.5. The minimum Gasteiger partial charge on any atom is -0.457 e. The van der Waals surface area contributed by atoms with Crippen molar-refractivity contribution in [3.05, 3.63) is 72.9 Å². The van der Waals surface area contributed by atoms with Crippen LogP contribution in [0.3, 0.4) is 0 Å². The Hall–Kier alpha value is -3.06. The molecule has 6 nitrogen and oxygen atoms in total. The van der Waals surface area contributed by atoms with Crippen LogP contribution in [0.1, 0.15) is 6.92 Å². The lowest BCUT2D eigenvalue weighted by Gasteiger charge is -2.09. The number of benzene rings is 2. The molecule has 0 fully saturated rings. The van der Waals surface area contributed by atoms with Crippen LogP contribution >= 0.6 is 0 Å². The number of hydrogen-bond donors (Lipinski definition) is 2. The van der Waals surface area contributed by atoms with E-state index in [4.69, 9.17) is 4.74 Å². The number of para-hydroxylation sites is 1. The van der Waals surface area contributed by atoms with Gasteiger partial charge in [0.05, 0.1) is 17.6 Å². The van der Waals surface area contributed by atoms with Crippen molar-refractivity contribution in [3.8, 4) is 11.5 Å². The van der Waals surface area contributed by atoms with Crippen LogP contribution in [-0.4, -0.2) is 19.2 Å². The molecule has 0 spiro atoms. The molecule has 0 bridgehead atoms. The van der Waals surface area contributed by atoms with Crippen LogP contribution in [0.4, 0.5) is 17.2 Å². The third-order valence-corrected chi connectivity index (χ3v) is 4.83. The van der Waals surface area contributed by atoms with Gasteiger partial charge in [-0.3, -0.25) is 4.72 Å². The minimum absolute atomic E-state index is 0.0183. The van der Waals surface area contributed by atoms with E-state index in [0.717, 1.165) is 17.2 Å². The Labute approximate surface area is 152 Å². The van der Waals surface area contributed by atoms with E-state index >= 15 is 0 Å². The zero-order chi connectivity index (χ0) is 18.4. The fourth-order valence-electron chi connectivity index (χ4n) is 2.16. The third kappa shape index (κ3) is 4.97. The average Bonchev–Trinajstić information content (AvgIpc) is 2.66. The molecule has 26 heavy (non-hydrogen) atoms. The summed E-state index contributed by atoms with van der Waals surface area (Å²) in [5.74, 6) is 2.14. The number of pyridine rings is 1. The number of rotatable bonds is 7. The summed E-state index contributed by atoms with van der Waals surface area (Å²) in [5.41, 5.74) is 1.28. The average molecular weight is 369 g/mol. The maximum absolute atomic E-state index is 11.5. The van der Waals surface area contributed by atoms with E-state index < -0.39 is 10.0 Å². The van der Waals surface area contributed by atoms with Gasteiger partial charge in [0.25, 0.3) is 0 Å². The lowest BCUT2D eigenvalue weighted by molar-refractivity contribution is 0.483. The lowest BCUT2D eigenvalue weighted by Crippen LogP contribution is -2.14. The van der Waals surface area contributed by atoms with Gasteiger partial charge in [0, 0.05) is 5.69 Å². The first-order chi connectivity index (χ1) is 12.5. The molecule has 0 amide bonds. The highest BCUT2D eigenvalue weighted by atomic mass is 32.2. The molecule has 2 aromatic carbocycles. The zero-order valence-corrected chi connectivity index (χ0v) is 15.0. The summed E-state index contributed by atoms with van der Waals surface area (Å²) in [6.45, 7) is 1.58. The Morgan fingerprint density at radius 3 is 2.15 bits per heavy atom. The Morgan fingerprint density at radius 2 is 1.54 bits per heavy atom. The smallest absolute Gasteiger partial charge is 0.232 e.